The SMILES string of the molecule is CCO[CH+]C(C)C(OC(=O)Cl)N(C)C. The summed E-state index contributed by atoms with van der Waals surface area (Å²) in [6.45, 7) is 6.02. The lowest BCUT2D eigenvalue weighted by molar-refractivity contribution is -0.0186. The molecule has 2 atom stereocenters. The topological polar surface area (TPSA) is 38.8 Å². The van der Waals surface area contributed by atoms with E-state index in [1.54, 1.807) is 25.6 Å². The third-order valence-electron chi connectivity index (χ3n) is 1.65. The molecule has 0 aromatic carbocycles. The van der Waals surface area contributed by atoms with Crippen LogP contribution in [0.1, 0.15) is 13.8 Å². The van der Waals surface area contributed by atoms with Crippen LogP contribution >= 0.6 is 11.6 Å². The smallest absolute Gasteiger partial charge is 0.405 e. The molecule has 82 valence electrons. The molecule has 0 spiro atoms. The number of hydrogen-bond acceptors (Lipinski definition) is 4. The second-order valence-electron chi connectivity index (χ2n) is 3.16. The molecule has 4 nitrogen and oxygen atoms in total. The van der Waals surface area contributed by atoms with E-state index in [1.807, 2.05) is 13.8 Å². The van der Waals surface area contributed by atoms with Crippen molar-refractivity contribution >= 4 is 17.0 Å². The summed E-state index contributed by atoms with van der Waals surface area (Å²) < 4.78 is 10.0. The average molecular weight is 223 g/mol. The van der Waals surface area contributed by atoms with Crippen molar-refractivity contribution in [2.24, 2.45) is 5.92 Å². The van der Waals surface area contributed by atoms with Crippen LogP contribution in [0.2, 0.25) is 0 Å². The molecule has 0 heterocycles. The standard InChI is InChI=1S/C9H17ClNO3/c1-5-13-6-7(2)8(11(3)4)14-9(10)12/h6-8H,5H2,1-4H3/q+1. The molecule has 0 bridgehead atoms. The lowest BCUT2D eigenvalue weighted by atomic mass is 10.1. The molecular weight excluding hydrogens is 206 g/mol. The Balaban J connectivity index is 4.11. The van der Waals surface area contributed by atoms with Gasteiger partial charge in [-0.05, 0) is 27.9 Å². The van der Waals surface area contributed by atoms with Crippen LogP contribution in [0.25, 0.3) is 0 Å². The van der Waals surface area contributed by atoms with Gasteiger partial charge in [-0.15, -0.1) is 0 Å². The van der Waals surface area contributed by atoms with E-state index < -0.39 is 11.7 Å². The number of nitrogens with zero attached hydrogens (tertiary/aromatic N) is 1. The Morgan fingerprint density at radius 3 is 2.50 bits per heavy atom. The van der Waals surface area contributed by atoms with Crippen molar-refractivity contribution in [1.29, 1.82) is 0 Å². The molecule has 0 saturated carbocycles. The minimum absolute atomic E-state index is 0.0346. The van der Waals surface area contributed by atoms with Crippen LogP contribution < -0.4 is 0 Å². The average Bonchev–Trinajstić information content (AvgIpc) is 2.09. The zero-order valence-corrected chi connectivity index (χ0v) is 9.75. The summed E-state index contributed by atoms with van der Waals surface area (Å²) in [4.78, 5) is 12.4. The van der Waals surface area contributed by atoms with Crippen LogP contribution in [-0.2, 0) is 9.47 Å². The van der Waals surface area contributed by atoms with Crippen molar-refractivity contribution in [3.8, 4) is 0 Å². The van der Waals surface area contributed by atoms with E-state index in [0.717, 1.165) is 0 Å². The Kier molecular flexibility index (Phi) is 6.70. The first-order valence-corrected chi connectivity index (χ1v) is 4.84. The minimum atomic E-state index is -0.805. The first-order valence-electron chi connectivity index (χ1n) is 4.46. The second kappa shape index (κ2) is 6.92. The van der Waals surface area contributed by atoms with E-state index >= 15 is 0 Å². The molecule has 0 aromatic heterocycles. The summed E-state index contributed by atoms with van der Waals surface area (Å²) in [5.74, 6) is -0.0346. The fourth-order valence-electron chi connectivity index (χ4n) is 1.09. The van der Waals surface area contributed by atoms with Crippen molar-refractivity contribution in [2.75, 3.05) is 20.7 Å². The quantitative estimate of drug-likeness (QED) is 0.392. The van der Waals surface area contributed by atoms with Crippen LogP contribution in [0, 0.1) is 12.5 Å². The summed E-state index contributed by atoms with van der Waals surface area (Å²) in [6.07, 6.45) is -0.397. The van der Waals surface area contributed by atoms with Crippen molar-refractivity contribution in [2.45, 2.75) is 20.1 Å². The summed E-state index contributed by atoms with van der Waals surface area (Å²) in [7, 11) is 3.61. The van der Waals surface area contributed by atoms with Gasteiger partial charge in [0.1, 0.15) is 0 Å². The molecule has 2 unspecified atom stereocenters. The summed E-state index contributed by atoms with van der Waals surface area (Å²) >= 11 is 5.15. The largest absolute Gasteiger partial charge is 0.429 e. The van der Waals surface area contributed by atoms with E-state index in [4.69, 9.17) is 21.1 Å². The number of carbonyl (C=O) groups is 1. The second-order valence-corrected chi connectivity index (χ2v) is 3.47. The molecule has 0 aliphatic heterocycles. The number of halogens is 1. The normalized spacial score (nSPS) is 15.0. The Morgan fingerprint density at radius 2 is 2.14 bits per heavy atom. The minimum Gasteiger partial charge on any atom is -0.429 e. The van der Waals surface area contributed by atoms with Crippen molar-refractivity contribution < 1.29 is 14.3 Å². The molecule has 0 saturated heterocycles. The molecule has 0 aliphatic carbocycles. The van der Waals surface area contributed by atoms with E-state index in [9.17, 15) is 4.79 Å². The van der Waals surface area contributed by atoms with Crippen molar-refractivity contribution in [3.05, 3.63) is 6.61 Å². The Hall–Kier alpha value is -0.450. The van der Waals surface area contributed by atoms with Gasteiger partial charge in [0.2, 0.25) is 12.8 Å². The van der Waals surface area contributed by atoms with E-state index in [2.05, 4.69) is 0 Å². The van der Waals surface area contributed by atoms with Crippen molar-refractivity contribution in [3.63, 3.8) is 0 Å². The molecule has 0 N–H and O–H groups in total. The maximum atomic E-state index is 10.6. The summed E-state index contributed by atoms with van der Waals surface area (Å²) in [5, 5.41) is 0. The molecule has 0 fully saturated rings. The van der Waals surface area contributed by atoms with Gasteiger partial charge in [-0.25, -0.2) is 4.79 Å². The first kappa shape index (κ1) is 13.5. The fraction of sp³-hybridized carbons (Fsp3) is 0.778. The predicted molar refractivity (Wildman–Crippen MR) is 54.9 cm³/mol. The van der Waals surface area contributed by atoms with Crippen LogP contribution in [0.4, 0.5) is 4.79 Å². The van der Waals surface area contributed by atoms with Gasteiger partial charge < -0.3 is 4.74 Å². The number of hydrogen-bond donors (Lipinski definition) is 0. The third kappa shape index (κ3) is 5.32. The van der Waals surface area contributed by atoms with Crippen LogP contribution in [0.3, 0.4) is 0 Å². The third-order valence-corrected chi connectivity index (χ3v) is 1.74. The van der Waals surface area contributed by atoms with Gasteiger partial charge >= 0.3 is 5.43 Å². The van der Waals surface area contributed by atoms with E-state index in [-0.39, 0.29) is 5.92 Å². The predicted octanol–water partition coefficient (Wildman–Crippen LogP) is 2.08. The fourth-order valence-corrected chi connectivity index (χ4v) is 1.18. The summed E-state index contributed by atoms with van der Waals surface area (Å²) in [6, 6.07) is 0. The molecule has 0 radical (unpaired) electrons. The van der Waals surface area contributed by atoms with Crippen LogP contribution in [-0.4, -0.2) is 37.3 Å². The molecule has 0 rings (SSSR count). The Bertz CT molecular complexity index is 175. The van der Waals surface area contributed by atoms with Crippen LogP contribution in [0.15, 0.2) is 0 Å². The molecule has 14 heavy (non-hydrogen) atoms. The molecule has 0 aromatic rings. The molecular formula is C9H17ClNO3+. The monoisotopic (exact) mass is 222 g/mol. The Morgan fingerprint density at radius 1 is 1.57 bits per heavy atom. The highest BCUT2D eigenvalue weighted by atomic mass is 35.5. The molecule has 0 amide bonds. The highest BCUT2D eigenvalue weighted by Gasteiger charge is 2.30. The highest BCUT2D eigenvalue weighted by molar-refractivity contribution is 6.61. The van der Waals surface area contributed by atoms with Gasteiger partial charge in [-0.1, -0.05) is 0 Å². The maximum absolute atomic E-state index is 10.6. The van der Waals surface area contributed by atoms with E-state index in [1.165, 1.54) is 0 Å². The Labute approximate surface area is 90.1 Å². The number of carbonyl (C=O) groups excluding carboxylic acids is 1. The number of rotatable bonds is 6. The zero-order valence-electron chi connectivity index (χ0n) is 8.99. The van der Waals surface area contributed by atoms with Gasteiger partial charge in [-0.3, -0.25) is 4.90 Å². The summed E-state index contributed by atoms with van der Waals surface area (Å²) in [5.41, 5.74) is -0.805. The maximum Gasteiger partial charge on any atom is 0.405 e. The van der Waals surface area contributed by atoms with Gasteiger partial charge in [0.25, 0.3) is 0 Å². The number of ether oxygens (including phenoxy) is 2. The zero-order chi connectivity index (χ0) is 11.1. The molecule has 0 aliphatic rings. The lowest BCUT2D eigenvalue weighted by Crippen LogP contribution is -2.37. The van der Waals surface area contributed by atoms with Crippen molar-refractivity contribution in [1.82, 2.24) is 4.90 Å². The van der Waals surface area contributed by atoms with Gasteiger partial charge in [0, 0.05) is 11.6 Å². The van der Waals surface area contributed by atoms with Crippen LogP contribution in [0.5, 0.6) is 0 Å². The first-order chi connectivity index (χ1) is 6.49. The van der Waals surface area contributed by atoms with E-state index in [0.29, 0.717) is 6.61 Å². The van der Waals surface area contributed by atoms with Gasteiger partial charge in [-0.2, -0.15) is 4.74 Å². The van der Waals surface area contributed by atoms with Gasteiger partial charge in [0.15, 0.2) is 5.92 Å². The molecule has 5 heteroatoms. The lowest BCUT2D eigenvalue weighted by Gasteiger charge is -2.23. The highest BCUT2D eigenvalue weighted by Crippen LogP contribution is 2.15. The van der Waals surface area contributed by atoms with Gasteiger partial charge in [0.05, 0.1) is 6.61 Å².